The summed E-state index contributed by atoms with van der Waals surface area (Å²) in [6, 6.07) is 3.34. The number of likely N-dealkylation sites (tertiary alicyclic amines) is 1. The minimum Gasteiger partial charge on any atom is -0.480 e. The van der Waals surface area contributed by atoms with Crippen LogP contribution in [0, 0.1) is 5.92 Å². The smallest absolute Gasteiger partial charge is 0.321 e. The van der Waals surface area contributed by atoms with E-state index in [-0.39, 0.29) is 12.0 Å². The Labute approximate surface area is 94.9 Å². The minimum atomic E-state index is -0.723. The van der Waals surface area contributed by atoms with Gasteiger partial charge in [-0.1, -0.05) is 6.92 Å². The van der Waals surface area contributed by atoms with E-state index in [2.05, 4.69) is 0 Å². The van der Waals surface area contributed by atoms with Crippen molar-refractivity contribution in [2.75, 3.05) is 6.54 Å². The first-order valence-electron chi connectivity index (χ1n) is 5.67. The average Bonchev–Trinajstić information content (AvgIpc) is 2.70. The largest absolute Gasteiger partial charge is 0.480 e. The molecule has 1 aliphatic rings. The zero-order valence-corrected chi connectivity index (χ0v) is 9.43. The van der Waals surface area contributed by atoms with Gasteiger partial charge in [-0.3, -0.25) is 9.69 Å². The van der Waals surface area contributed by atoms with Gasteiger partial charge < -0.3 is 9.52 Å². The van der Waals surface area contributed by atoms with Gasteiger partial charge in [-0.15, -0.1) is 0 Å². The maximum atomic E-state index is 11.2. The number of hydrogen-bond donors (Lipinski definition) is 1. The van der Waals surface area contributed by atoms with Gasteiger partial charge in [0.15, 0.2) is 0 Å². The Balaban J connectivity index is 2.08. The van der Waals surface area contributed by atoms with Crippen molar-refractivity contribution in [2.24, 2.45) is 5.92 Å². The van der Waals surface area contributed by atoms with Crippen molar-refractivity contribution in [3.8, 4) is 0 Å². The van der Waals surface area contributed by atoms with Gasteiger partial charge in [-0.2, -0.15) is 0 Å². The van der Waals surface area contributed by atoms with Gasteiger partial charge >= 0.3 is 5.97 Å². The van der Waals surface area contributed by atoms with Crippen LogP contribution in [0.15, 0.2) is 22.8 Å². The molecule has 2 unspecified atom stereocenters. The Morgan fingerprint density at radius 2 is 2.50 bits per heavy atom. The van der Waals surface area contributed by atoms with Crippen molar-refractivity contribution >= 4 is 5.97 Å². The molecule has 4 heteroatoms. The summed E-state index contributed by atoms with van der Waals surface area (Å²) in [5.41, 5.74) is 0. The van der Waals surface area contributed by atoms with E-state index in [0.29, 0.717) is 6.54 Å². The highest BCUT2D eigenvalue weighted by molar-refractivity contribution is 5.74. The molecule has 88 valence electrons. The number of furan rings is 1. The van der Waals surface area contributed by atoms with Crippen LogP contribution < -0.4 is 0 Å². The van der Waals surface area contributed by atoms with E-state index in [1.165, 1.54) is 0 Å². The Morgan fingerprint density at radius 1 is 1.69 bits per heavy atom. The van der Waals surface area contributed by atoms with Crippen LogP contribution in [-0.4, -0.2) is 28.6 Å². The molecule has 1 aliphatic heterocycles. The summed E-state index contributed by atoms with van der Waals surface area (Å²) >= 11 is 0. The minimum absolute atomic E-state index is 0.209. The molecule has 0 radical (unpaired) electrons. The molecule has 2 heterocycles. The highest BCUT2D eigenvalue weighted by Gasteiger charge is 2.34. The summed E-state index contributed by atoms with van der Waals surface area (Å²) in [5.74, 6) is 0.320. The predicted molar refractivity (Wildman–Crippen MR) is 58.9 cm³/mol. The highest BCUT2D eigenvalue weighted by atomic mass is 16.4. The number of rotatable bonds is 3. The van der Waals surface area contributed by atoms with Gasteiger partial charge in [0, 0.05) is 0 Å². The second-order valence-corrected chi connectivity index (χ2v) is 4.45. The van der Waals surface area contributed by atoms with Crippen molar-refractivity contribution in [1.82, 2.24) is 4.90 Å². The van der Waals surface area contributed by atoms with E-state index in [1.54, 1.807) is 6.26 Å². The van der Waals surface area contributed by atoms with Crippen LogP contribution in [0.2, 0.25) is 0 Å². The van der Waals surface area contributed by atoms with Crippen molar-refractivity contribution in [1.29, 1.82) is 0 Å². The SMILES string of the molecule is CC1CCCN(Cc2ccco2)C1C(=O)O. The molecule has 1 saturated heterocycles. The fourth-order valence-electron chi connectivity index (χ4n) is 2.45. The molecule has 0 amide bonds. The lowest BCUT2D eigenvalue weighted by Crippen LogP contribution is -2.48. The maximum Gasteiger partial charge on any atom is 0.321 e. The number of hydrogen-bond acceptors (Lipinski definition) is 3. The average molecular weight is 223 g/mol. The number of piperidine rings is 1. The van der Waals surface area contributed by atoms with Crippen molar-refractivity contribution in [3.63, 3.8) is 0 Å². The molecule has 16 heavy (non-hydrogen) atoms. The molecule has 1 fully saturated rings. The summed E-state index contributed by atoms with van der Waals surface area (Å²) < 4.78 is 5.26. The number of nitrogens with zero attached hydrogens (tertiary/aromatic N) is 1. The number of carbonyl (C=O) groups is 1. The van der Waals surface area contributed by atoms with Crippen molar-refractivity contribution < 1.29 is 14.3 Å². The monoisotopic (exact) mass is 223 g/mol. The summed E-state index contributed by atoms with van der Waals surface area (Å²) in [6.07, 6.45) is 3.68. The maximum absolute atomic E-state index is 11.2. The lowest BCUT2D eigenvalue weighted by atomic mass is 9.91. The molecule has 2 atom stereocenters. The third kappa shape index (κ3) is 2.27. The second kappa shape index (κ2) is 4.70. The van der Waals surface area contributed by atoms with Crippen LogP contribution in [0.5, 0.6) is 0 Å². The van der Waals surface area contributed by atoms with Gasteiger partial charge in [0.05, 0.1) is 12.8 Å². The van der Waals surface area contributed by atoms with E-state index < -0.39 is 5.97 Å². The van der Waals surface area contributed by atoms with E-state index in [4.69, 9.17) is 4.42 Å². The standard InChI is InChI=1S/C12H17NO3/c1-9-4-2-6-13(11(9)12(14)15)8-10-5-3-7-16-10/h3,5,7,9,11H,2,4,6,8H2,1H3,(H,14,15). The summed E-state index contributed by atoms with van der Waals surface area (Å²) in [5, 5.41) is 9.24. The summed E-state index contributed by atoms with van der Waals surface area (Å²) in [4.78, 5) is 13.2. The molecule has 0 bridgehead atoms. The van der Waals surface area contributed by atoms with Crippen LogP contribution in [0.1, 0.15) is 25.5 Å². The van der Waals surface area contributed by atoms with E-state index in [1.807, 2.05) is 24.0 Å². The fraction of sp³-hybridized carbons (Fsp3) is 0.583. The van der Waals surface area contributed by atoms with Gasteiger partial charge in [0.2, 0.25) is 0 Å². The topological polar surface area (TPSA) is 53.7 Å². The van der Waals surface area contributed by atoms with Crippen LogP contribution in [0.3, 0.4) is 0 Å². The van der Waals surface area contributed by atoms with E-state index in [0.717, 1.165) is 25.1 Å². The Morgan fingerprint density at radius 3 is 3.12 bits per heavy atom. The molecule has 0 saturated carbocycles. The van der Waals surface area contributed by atoms with Crippen molar-refractivity contribution in [2.45, 2.75) is 32.4 Å². The molecular weight excluding hydrogens is 206 g/mol. The zero-order valence-electron chi connectivity index (χ0n) is 9.43. The quantitative estimate of drug-likeness (QED) is 0.851. The molecule has 4 nitrogen and oxygen atoms in total. The van der Waals surface area contributed by atoms with E-state index >= 15 is 0 Å². The van der Waals surface area contributed by atoms with Crippen LogP contribution >= 0.6 is 0 Å². The second-order valence-electron chi connectivity index (χ2n) is 4.45. The van der Waals surface area contributed by atoms with Gasteiger partial charge in [0.25, 0.3) is 0 Å². The van der Waals surface area contributed by atoms with E-state index in [9.17, 15) is 9.90 Å². The molecule has 1 aromatic rings. The molecule has 1 N–H and O–H groups in total. The first-order valence-corrected chi connectivity index (χ1v) is 5.67. The molecule has 1 aromatic heterocycles. The van der Waals surface area contributed by atoms with Gasteiger partial charge in [0.1, 0.15) is 11.8 Å². The third-order valence-electron chi connectivity index (χ3n) is 3.23. The molecular formula is C12H17NO3. The first kappa shape index (κ1) is 11.2. The highest BCUT2D eigenvalue weighted by Crippen LogP contribution is 2.25. The molecule has 0 aromatic carbocycles. The molecule has 0 aliphatic carbocycles. The van der Waals surface area contributed by atoms with Gasteiger partial charge in [-0.05, 0) is 37.4 Å². The third-order valence-corrected chi connectivity index (χ3v) is 3.23. The van der Waals surface area contributed by atoms with Crippen LogP contribution in [0.4, 0.5) is 0 Å². The molecule has 0 spiro atoms. The van der Waals surface area contributed by atoms with Crippen LogP contribution in [-0.2, 0) is 11.3 Å². The summed E-state index contributed by atoms with van der Waals surface area (Å²) in [7, 11) is 0. The normalized spacial score (nSPS) is 26.8. The Kier molecular flexibility index (Phi) is 3.29. The van der Waals surface area contributed by atoms with Gasteiger partial charge in [-0.25, -0.2) is 0 Å². The number of aliphatic carboxylic acids is 1. The lowest BCUT2D eigenvalue weighted by Gasteiger charge is -2.36. The van der Waals surface area contributed by atoms with Crippen molar-refractivity contribution in [3.05, 3.63) is 24.2 Å². The fourth-order valence-corrected chi connectivity index (χ4v) is 2.45. The summed E-state index contributed by atoms with van der Waals surface area (Å²) in [6.45, 7) is 3.43. The number of carboxylic acid groups (broad SMARTS) is 1. The Hall–Kier alpha value is -1.29. The molecule has 2 rings (SSSR count). The zero-order chi connectivity index (χ0) is 11.5. The Bertz CT molecular complexity index is 347. The number of carboxylic acids is 1. The van der Waals surface area contributed by atoms with Crippen LogP contribution in [0.25, 0.3) is 0 Å². The first-order chi connectivity index (χ1) is 7.68. The predicted octanol–water partition coefficient (Wildman–Crippen LogP) is 1.96. The lowest BCUT2D eigenvalue weighted by molar-refractivity contribution is -0.147.